The summed E-state index contributed by atoms with van der Waals surface area (Å²) in [6.07, 6.45) is 0.0382. The fourth-order valence-electron chi connectivity index (χ4n) is 3.54. The molecule has 32 heavy (non-hydrogen) atoms. The van der Waals surface area contributed by atoms with Crippen LogP contribution < -0.4 is 16.2 Å². The summed E-state index contributed by atoms with van der Waals surface area (Å²) >= 11 is 0. The van der Waals surface area contributed by atoms with Gasteiger partial charge in [-0.25, -0.2) is 9.97 Å². The van der Waals surface area contributed by atoms with Crippen molar-refractivity contribution in [2.75, 3.05) is 5.73 Å². The molecule has 9 heteroatoms. The van der Waals surface area contributed by atoms with Crippen LogP contribution in [0.2, 0.25) is 0 Å². The van der Waals surface area contributed by atoms with Crippen LogP contribution in [0.5, 0.6) is 5.75 Å². The van der Waals surface area contributed by atoms with Crippen molar-refractivity contribution in [1.82, 2.24) is 14.9 Å². The quantitative estimate of drug-likeness (QED) is 0.346. The Morgan fingerprint density at radius 1 is 1.03 bits per heavy atom. The molecule has 1 aliphatic heterocycles. The van der Waals surface area contributed by atoms with Gasteiger partial charge in [0, 0.05) is 24.0 Å². The molecule has 4 N–H and O–H groups in total. The number of hydrogen-bond acceptors (Lipinski definition) is 7. The van der Waals surface area contributed by atoms with Crippen LogP contribution in [0, 0.1) is 0 Å². The van der Waals surface area contributed by atoms with Crippen molar-refractivity contribution in [3.05, 3.63) is 71.4 Å². The highest BCUT2D eigenvalue weighted by Gasteiger charge is 2.27. The van der Waals surface area contributed by atoms with Gasteiger partial charge in [-0.05, 0) is 35.7 Å². The smallest absolute Gasteiger partial charge is 0.311 e. The van der Waals surface area contributed by atoms with Gasteiger partial charge in [0.1, 0.15) is 11.4 Å². The Hall–Kier alpha value is -4.27. The van der Waals surface area contributed by atoms with Crippen LogP contribution in [0.3, 0.4) is 0 Å². The van der Waals surface area contributed by atoms with Crippen molar-refractivity contribution >= 4 is 34.6 Å². The van der Waals surface area contributed by atoms with Gasteiger partial charge in [-0.2, -0.15) is 0 Å². The molecule has 2 heterocycles. The molecule has 1 aromatic heterocycles. The minimum Gasteiger partial charge on any atom is -0.426 e. The summed E-state index contributed by atoms with van der Waals surface area (Å²) in [5, 5.41) is 0.423. The van der Waals surface area contributed by atoms with Crippen LogP contribution in [0.4, 0.5) is 5.95 Å². The molecule has 0 bridgehead atoms. The van der Waals surface area contributed by atoms with Gasteiger partial charge < -0.3 is 21.1 Å². The zero-order valence-electron chi connectivity index (χ0n) is 17.2. The number of nitrogens with zero attached hydrogens (tertiary/aromatic N) is 3. The van der Waals surface area contributed by atoms with Gasteiger partial charge in [0.2, 0.25) is 11.9 Å². The summed E-state index contributed by atoms with van der Waals surface area (Å²) in [5.41, 5.74) is 13.9. The predicted molar refractivity (Wildman–Crippen MR) is 117 cm³/mol. The van der Waals surface area contributed by atoms with E-state index in [9.17, 15) is 14.4 Å². The Labute approximate surface area is 183 Å². The Morgan fingerprint density at radius 2 is 1.72 bits per heavy atom. The standard InChI is InChI=1S/C23H21N5O4/c1-13(21(24)30)6-9-19(29)32-16-7-8-18-17(10-16)20(27-23(25)26-18)22(31)28-11-14-4-2-3-5-15(14)12-28/h2-5,7-8,10H,1,6,9,11-12H2,(H2,24,30)(H2,25,26,27). The van der Waals surface area contributed by atoms with E-state index >= 15 is 0 Å². The molecule has 0 saturated heterocycles. The lowest BCUT2D eigenvalue weighted by atomic mass is 10.1. The van der Waals surface area contributed by atoms with E-state index in [1.807, 2.05) is 24.3 Å². The van der Waals surface area contributed by atoms with E-state index in [1.165, 1.54) is 6.07 Å². The fraction of sp³-hybridized carbons (Fsp3) is 0.174. The largest absolute Gasteiger partial charge is 0.426 e. The minimum absolute atomic E-state index is 0.0210. The number of rotatable bonds is 6. The summed E-state index contributed by atoms with van der Waals surface area (Å²) in [7, 11) is 0. The zero-order chi connectivity index (χ0) is 22.8. The maximum atomic E-state index is 13.3. The maximum Gasteiger partial charge on any atom is 0.311 e. The number of carbonyl (C=O) groups is 3. The Kier molecular flexibility index (Phi) is 5.55. The number of hydrogen-bond donors (Lipinski definition) is 2. The molecule has 3 aromatic rings. The zero-order valence-corrected chi connectivity index (χ0v) is 17.2. The molecular weight excluding hydrogens is 410 g/mol. The number of aromatic nitrogens is 2. The van der Waals surface area contributed by atoms with Crippen LogP contribution in [-0.4, -0.2) is 32.7 Å². The lowest BCUT2D eigenvalue weighted by Gasteiger charge is -2.16. The van der Waals surface area contributed by atoms with E-state index in [-0.39, 0.29) is 41.7 Å². The van der Waals surface area contributed by atoms with E-state index in [0.717, 1.165) is 11.1 Å². The van der Waals surface area contributed by atoms with Gasteiger partial charge in [0.25, 0.3) is 5.91 Å². The highest BCUT2D eigenvalue weighted by atomic mass is 16.5. The first-order valence-corrected chi connectivity index (χ1v) is 9.93. The van der Waals surface area contributed by atoms with Crippen molar-refractivity contribution in [3.63, 3.8) is 0 Å². The average molecular weight is 431 g/mol. The van der Waals surface area contributed by atoms with E-state index in [0.29, 0.717) is 24.0 Å². The van der Waals surface area contributed by atoms with Crippen molar-refractivity contribution in [2.45, 2.75) is 25.9 Å². The second kappa shape index (κ2) is 8.46. The molecule has 0 fully saturated rings. The molecule has 9 nitrogen and oxygen atoms in total. The van der Waals surface area contributed by atoms with Crippen LogP contribution in [0.15, 0.2) is 54.6 Å². The monoisotopic (exact) mass is 431 g/mol. The van der Waals surface area contributed by atoms with Crippen LogP contribution in [0.25, 0.3) is 10.9 Å². The molecule has 0 aliphatic carbocycles. The molecule has 0 radical (unpaired) electrons. The number of carbonyl (C=O) groups excluding carboxylic acids is 3. The number of benzene rings is 2. The SMILES string of the molecule is C=C(CCC(=O)Oc1ccc2nc(N)nc(C(=O)N3Cc4ccccc4C3)c2c1)C(N)=O. The van der Waals surface area contributed by atoms with Crippen LogP contribution >= 0.6 is 0 Å². The van der Waals surface area contributed by atoms with Crippen molar-refractivity contribution in [2.24, 2.45) is 5.73 Å². The fourth-order valence-corrected chi connectivity index (χ4v) is 3.54. The number of esters is 1. The van der Waals surface area contributed by atoms with Crippen LogP contribution in [0.1, 0.15) is 34.5 Å². The molecule has 162 valence electrons. The Balaban J connectivity index is 1.58. The number of nitrogens with two attached hydrogens (primary N) is 2. The van der Waals surface area contributed by atoms with E-state index in [2.05, 4.69) is 16.5 Å². The number of amides is 2. The Bertz CT molecular complexity index is 1250. The highest BCUT2D eigenvalue weighted by Crippen LogP contribution is 2.28. The lowest BCUT2D eigenvalue weighted by Crippen LogP contribution is -2.27. The van der Waals surface area contributed by atoms with E-state index < -0.39 is 11.9 Å². The summed E-state index contributed by atoms with van der Waals surface area (Å²) in [4.78, 5) is 46.5. The van der Waals surface area contributed by atoms with E-state index in [4.69, 9.17) is 16.2 Å². The molecule has 1 aliphatic rings. The molecule has 0 unspecified atom stereocenters. The third-order valence-electron chi connectivity index (χ3n) is 5.23. The number of ether oxygens (including phenoxy) is 1. The van der Waals surface area contributed by atoms with Crippen molar-refractivity contribution < 1.29 is 19.1 Å². The summed E-state index contributed by atoms with van der Waals surface area (Å²) in [6.45, 7) is 4.46. The molecule has 2 amide bonds. The second-order valence-corrected chi connectivity index (χ2v) is 7.48. The topological polar surface area (TPSA) is 141 Å². The third kappa shape index (κ3) is 4.27. The molecule has 0 saturated carbocycles. The van der Waals surface area contributed by atoms with Gasteiger partial charge in [0.15, 0.2) is 0 Å². The number of fused-ring (bicyclic) bond motifs is 2. The summed E-state index contributed by atoms with van der Waals surface area (Å²) in [6, 6.07) is 12.5. The number of anilines is 1. The van der Waals surface area contributed by atoms with Gasteiger partial charge >= 0.3 is 5.97 Å². The van der Waals surface area contributed by atoms with Crippen molar-refractivity contribution in [1.29, 1.82) is 0 Å². The van der Waals surface area contributed by atoms with Crippen LogP contribution in [-0.2, 0) is 22.7 Å². The molecule has 4 rings (SSSR count). The molecule has 2 aromatic carbocycles. The van der Waals surface area contributed by atoms with Gasteiger partial charge in [0.05, 0.1) is 11.9 Å². The van der Waals surface area contributed by atoms with Gasteiger partial charge in [-0.1, -0.05) is 30.8 Å². The predicted octanol–water partition coefficient (Wildman–Crippen LogP) is 2.10. The van der Waals surface area contributed by atoms with Gasteiger partial charge in [-0.15, -0.1) is 0 Å². The average Bonchev–Trinajstić information content (AvgIpc) is 3.21. The number of nitrogen functional groups attached to an aromatic ring is 1. The van der Waals surface area contributed by atoms with Crippen molar-refractivity contribution in [3.8, 4) is 5.75 Å². The maximum absolute atomic E-state index is 13.3. The number of primary amides is 1. The lowest BCUT2D eigenvalue weighted by molar-refractivity contribution is -0.134. The third-order valence-corrected chi connectivity index (χ3v) is 5.23. The first-order chi connectivity index (χ1) is 15.3. The summed E-state index contributed by atoms with van der Waals surface area (Å²) < 4.78 is 5.35. The minimum atomic E-state index is -0.662. The molecular formula is C23H21N5O4. The molecule has 0 atom stereocenters. The normalized spacial score (nSPS) is 12.4. The highest BCUT2D eigenvalue weighted by molar-refractivity contribution is 6.05. The first kappa shape index (κ1) is 21.0. The Morgan fingerprint density at radius 3 is 2.38 bits per heavy atom. The van der Waals surface area contributed by atoms with E-state index in [1.54, 1.807) is 17.0 Å². The van der Waals surface area contributed by atoms with Gasteiger partial charge in [-0.3, -0.25) is 14.4 Å². The second-order valence-electron chi connectivity index (χ2n) is 7.48. The molecule has 0 spiro atoms. The first-order valence-electron chi connectivity index (χ1n) is 9.93. The summed E-state index contributed by atoms with van der Waals surface area (Å²) in [5.74, 6) is -1.32.